The van der Waals surface area contributed by atoms with Gasteiger partial charge in [0.15, 0.2) is 0 Å². The lowest BCUT2D eigenvalue weighted by atomic mass is 10.1. The van der Waals surface area contributed by atoms with Crippen LogP contribution < -0.4 is 10.5 Å². The number of carbonyl (C=O) groups excluding carboxylic acids is 2. The summed E-state index contributed by atoms with van der Waals surface area (Å²) in [5, 5.41) is 0. The van der Waals surface area contributed by atoms with Crippen molar-refractivity contribution in [3.05, 3.63) is 65.2 Å². The van der Waals surface area contributed by atoms with Crippen molar-refractivity contribution in [3.63, 3.8) is 0 Å². The highest BCUT2D eigenvalue weighted by atomic mass is 32.2. The first-order valence-electron chi connectivity index (χ1n) is 7.70. The second-order valence-corrected chi connectivity index (χ2v) is 7.34. The highest BCUT2D eigenvalue weighted by molar-refractivity contribution is 7.89. The van der Waals surface area contributed by atoms with E-state index in [0.29, 0.717) is 11.6 Å². The summed E-state index contributed by atoms with van der Waals surface area (Å²) in [5.74, 6) is -1.62. The number of halogens is 3. The third-order valence-electron chi connectivity index (χ3n) is 3.49. The van der Waals surface area contributed by atoms with Crippen LogP contribution in [0, 0.1) is 0 Å². The van der Waals surface area contributed by atoms with Gasteiger partial charge in [-0.05, 0) is 35.9 Å². The van der Waals surface area contributed by atoms with Crippen LogP contribution in [-0.2, 0) is 32.3 Å². The van der Waals surface area contributed by atoms with Crippen LogP contribution in [0.25, 0.3) is 0 Å². The normalized spacial score (nSPS) is 11.8. The van der Waals surface area contributed by atoms with Gasteiger partial charge in [-0.25, -0.2) is 8.42 Å². The molecule has 11 heteroatoms. The highest BCUT2D eigenvalue weighted by Crippen LogP contribution is 2.30. The summed E-state index contributed by atoms with van der Waals surface area (Å²) in [4.78, 5) is 22.2. The topological polar surface area (TPSA) is 116 Å². The molecule has 3 N–H and O–H groups in total. The smallest absolute Gasteiger partial charge is 0.416 e. The number of sulfonamides is 1. The van der Waals surface area contributed by atoms with Gasteiger partial charge in [0.2, 0.25) is 15.9 Å². The fourth-order valence-corrected chi connectivity index (χ4v) is 3.12. The van der Waals surface area contributed by atoms with E-state index < -0.39 is 45.1 Å². The van der Waals surface area contributed by atoms with Gasteiger partial charge in [0.25, 0.3) is 0 Å². The van der Waals surface area contributed by atoms with Crippen molar-refractivity contribution >= 4 is 21.9 Å². The van der Waals surface area contributed by atoms with Gasteiger partial charge in [0.05, 0.1) is 10.5 Å². The van der Waals surface area contributed by atoms with Crippen molar-refractivity contribution in [3.8, 4) is 0 Å². The van der Waals surface area contributed by atoms with Gasteiger partial charge in [0, 0.05) is 5.56 Å². The van der Waals surface area contributed by atoms with Gasteiger partial charge < -0.3 is 10.5 Å². The number of nitrogens with two attached hydrogens (primary N) is 1. The van der Waals surface area contributed by atoms with Crippen molar-refractivity contribution in [2.75, 3.05) is 6.54 Å². The van der Waals surface area contributed by atoms with Crippen LogP contribution in [-0.4, -0.2) is 26.8 Å². The SMILES string of the molecule is NC(=O)c1cccc(COC(=O)CNS(=O)(=O)c2cccc(C(F)(F)F)c2)c1. The monoisotopic (exact) mass is 416 g/mol. The number of nitrogens with one attached hydrogen (secondary N) is 1. The molecule has 0 heterocycles. The Hall–Kier alpha value is -2.92. The van der Waals surface area contributed by atoms with E-state index in [2.05, 4.69) is 0 Å². The molecule has 0 aliphatic carbocycles. The average molecular weight is 416 g/mol. The molecular weight excluding hydrogens is 401 g/mol. The molecule has 0 aliphatic heterocycles. The maximum atomic E-state index is 12.7. The fourth-order valence-electron chi connectivity index (χ4n) is 2.11. The zero-order valence-corrected chi connectivity index (χ0v) is 15.0. The van der Waals surface area contributed by atoms with Crippen LogP contribution in [0.2, 0.25) is 0 Å². The molecule has 0 radical (unpaired) electrons. The molecule has 0 aliphatic rings. The summed E-state index contributed by atoms with van der Waals surface area (Å²) in [6.45, 7) is -1.03. The summed E-state index contributed by atoms with van der Waals surface area (Å²) in [7, 11) is -4.35. The molecule has 1 amide bonds. The van der Waals surface area contributed by atoms with E-state index in [4.69, 9.17) is 10.5 Å². The first-order valence-corrected chi connectivity index (χ1v) is 9.18. The molecule has 150 valence electrons. The van der Waals surface area contributed by atoms with E-state index in [-0.39, 0.29) is 12.2 Å². The van der Waals surface area contributed by atoms with Crippen LogP contribution >= 0.6 is 0 Å². The lowest BCUT2D eigenvalue weighted by Crippen LogP contribution is -2.30. The Bertz CT molecular complexity index is 990. The molecule has 0 aromatic heterocycles. The number of amides is 1. The zero-order chi connectivity index (χ0) is 20.9. The number of benzene rings is 2. The number of carbonyl (C=O) groups is 2. The number of alkyl halides is 3. The van der Waals surface area contributed by atoms with E-state index in [1.165, 1.54) is 18.2 Å². The van der Waals surface area contributed by atoms with Gasteiger partial charge in [-0.15, -0.1) is 0 Å². The fraction of sp³-hybridized carbons (Fsp3) is 0.176. The van der Waals surface area contributed by atoms with E-state index in [9.17, 15) is 31.2 Å². The average Bonchev–Trinajstić information content (AvgIpc) is 2.64. The zero-order valence-electron chi connectivity index (χ0n) is 14.2. The largest absolute Gasteiger partial charge is 0.460 e. The predicted octanol–water partition coefficient (Wildman–Crippen LogP) is 1.83. The number of hydrogen-bond donors (Lipinski definition) is 2. The molecule has 0 saturated carbocycles. The Morgan fingerprint density at radius 3 is 2.39 bits per heavy atom. The minimum absolute atomic E-state index is 0.207. The summed E-state index contributed by atoms with van der Waals surface area (Å²) in [5.41, 5.74) is 4.66. The molecule has 0 fully saturated rings. The van der Waals surface area contributed by atoms with E-state index in [1.54, 1.807) is 6.07 Å². The van der Waals surface area contributed by atoms with E-state index in [0.717, 1.165) is 18.2 Å². The minimum atomic E-state index is -4.70. The number of rotatable bonds is 7. The molecule has 0 spiro atoms. The van der Waals surface area contributed by atoms with Gasteiger partial charge in [-0.2, -0.15) is 17.9 Å². The second kappa shape index (κ2) is 8.40. The summed E-state index contributed by atoms with van der Waals surface area (Å²) >= 11 is 0. The number of ether oxygens (including phenoxy) is 1. The standard InChI is InChI=1S/C17H15F3N2O5S/c18-17(19,20)13-5-2-6-14(8-13)28(25,26)22-9-15(23)27-10-11-3-1-4-12(7-11)16(21)24/h1-8,22H,9-10H2,(H2,21,24). The third-order valence-corrected chi connectivity index (χ3v) is 4.89. The van der Waals surface area contributed by atoms with Crippen LogP contribution in [0.1, 0.15) is 21.5 Å². The molecule has 2 aromatic rings. The van der Waals surface area contributed by atoms with E-state index in [1.807, 2.05) is 4.72 Å². The summed E-state index contributed by atoms with van der Waals surface area (Å²) in [6.07, 6.45) is -4.70. The molecular formula is C17H15F3N2O5S. The third kappa shape index (κ3) is 5.79. The Balaban J connectivity index is 1.96. The summed E-state index contributed by atoms with van der Waals surface area (Å²) in [6, 6.07) is 9.07. The van der Waals surface area contributed by atoms with E-state index >= 15 is 0 Å². The van der Waals surface area contributed by atoms with Crippen molar-refractivity contribution in [2.45, 2.75) is 17.7 Å². The van der Waals surface area contributed by atoms with Gasteiger partial charge in [0.1, 0.15) is 13.2 Å². The Morgan fingerprint density at radius 1 is 1.07 bits per heavy atom. The Kier molecular flexibility index (Phi) is 6.41. The first-order chi connectivity index (χ1) is 13.0. The molecule has 2 rings (SSSR count). The minimum Gasteiger partial charge on any atom is -0.460 e. The molecule has 2 aromatic carbocycles. The van der Waals surface area contributed by atoms with Crippen molar-refractivity contribution in [1.82, 2.24) is 4.72 Å². The van der Waals surface area contributed by atoms with Crippen molar-refractivity contribution < 1.29 is 35.9 Å². The van der Waals surface area contributed by atoms with Crippen molar-refractivity contribution in [1.29, 1.82) is 0 Å². The highest BCUT2D eigenvalue weighted by Gasteiger charge is 2.31. The van der Waals surface area contributed by atoms with Crippen LogP contribution in [0.5, 0.6) is 0 Å². The van der Waals surface area contributed by atoms with Gasteiger partial charge in [-0.1, -0.05) is 18.2 Å². The number of hydrogen-bond acceptors (Lipinski definition) is 5. The molecule has 0 unspecified atom stereocenters. The lowest BCUT2D eigenvalue weighted by Gasteiger charge is -2.10. The van der Waals surface area contributed by atoms with Crippen molar-refractivity contribution in [2.24, 2.45) is 5.73 Å². The molecule has 7 nitrogen and oxygen atoms in total. The Labute approximate surface area is 158 Å². The lowest BCUT2D eigenvalue weighted by molar-refractivity contribution is -0.143. The van der Waals surface area contributed by atoms with Crippen LogP contribution in [0.3, 0.4) is 0 Å². The molecule has 0 atom stereocenters. The van der Waals surface area contributed by atoms with Crippen LogP contribution in [0.15, 0.2) is 53.4 Å². The summed E-state index contributed by atoms with van der Waals surface area (Å²) < 4.78 is 69.0. The Morgan fingerprint density at radius 2 is 1.75 bits per heavy atom. The maximum Gasteiger partial charge on any atom is 0.416 e. The number of primary amides is 1. The quantitative estimate of drug-likeness (QED) is 0.668. The predicted molar refractivity (Wildman–Crippen MR) is 91.4 cm³/mol. The molecule has 0 bridgehead atoms. The van der Waals surface area contributed by atoms with Crippen LogP contribution in [0.4, 0.5) is 13.2 Å². The second-order valence-electron chi connectivity index (χ2n) is 5.58. The maximum absolute atomic E-state index is 12.7. The van der Waals surface area contributed by atoms with Gasteiger partial charge >= 0.3 is 12.1 Å². The molecule has 28 heavy (non-hydrogen) atoms. The van der Waals surface area contributed by atoms with Gasteiger partial charge in [-0.3, -0.25) is 9.59 Å². The number of esters is 1. The molecule has 0 saturated heterocycles. The first kappa shape index (κ1) is 21.4.